The van der Waals surface area contributed by atoms with Gasteiger partial charge < -0.3 is 10.4 Å². The molecule has 0 radical (unpaired) electrons. The molecule has 1 saturated heterocycles. The Morgan fingerprint density at radius 2 is 1.67 bits per heavy atom. The van der Waals surface area contributed by atoms with Crippen molar-refractivity contribution in [2.45, 2.75) is 33.2 Å². The van der Waals surface area contributed by atoms with Crippen molar-refractivity contribution in [2.75, 3.05) is 26.2 Å². The highest BCUT2D eigenvalue weighted by molar-refractivity contribution is 5.75. The number of hydrogen-bond donors (Lipinski definition) is 2. The van der Waals surface area contributed by atoms with Crippen LogP contribution in [-0.2, 0) is 4.79 Å². The largest absolute Gasteiger partial charge is 0.481 e. The van der Waals surface area contributed by atoms with Crippen molar-refractivity contribution >= 4 is 5.97 Å². The summed E-state index contributed by atoms with van der Waals surface area (Å²) in [5, 5.41) is 12.5. The molecule has 1 aliphatic heterocycles. The number of carboxylic acid groups (broad SMARTS) is 1. The van der Waals surface area contributed by atoms with Gasteiger partial charge in [0.05, 0.1) is 5.41 Å². The Kier molecular flexibility index (Phi) is 3.41. The number of carbonyl (C=O) groups is 1. The van der Waals surface area contributed by atoms with Gasteiger partial charge in [-0.1, -0.05) is 0 Å². The average Bonchev–Trinajstić information content (AvgIpc) is 2.18. The van der Waals surface area contributed by atoms with E-state index in [1.54, 1.807) is 13.8 Å². The summed E-state index contributed by atoms with van der Waals surface area (Å²) >= 11 is 0. The lowest BCUT2D eigenvalue weighted by atomic mass is 9.73. The smallest absolute Gasteiger partial charge is 0.310 e. The summed E-state index contributed by atoms with van der Waals surface area (Å²) in [5.41, 5.74) is -1.05. The fourth-order valence-corrected chi connectivity index (χ4v) is 1.88. The Hall–Kier alpha value is -0.610. The minimum absolute atomic E-state index is 0.319. The van der Waals surface area contributed by atoms with E-state index in [1.165, 1.54) is 0 Å². The standard InChI is InChI=1S/C11H22N2O2/c1-10(2,9(14)15)11(3,4)13-7-5-12-6-8-13/h12H,5-8H2,1-4H3,(H,14,15). The molecule has 0 spiro atoms. The molecule has 0 atom stereocenters. The first-order chi connectivity index (χ1) is 6.80. The minimum atomic E-state index is -0.732. The van der Waals surface area contributed by atoms with Crippen LogP contribution >= 0.6 is 0 Å². The fourth-order valence-electron chi connectivity index (χ4n) is 1.88. The number of aliphatic carboxylic acids is 1. The van der Waals surface area contributed by atoms with Crippen LogP contribution < -0.4 is 5.32 Å². The number of hydrogen-bond acceptors (Lipinski definition) is 3. The summed E-state index contributed by atoms with van der Waals surface area (Å²) in [6.07, 6.45) is 0. The number of nitrogens with zero attached hydrogens (tertiary/aromatic N) is 1. The van der Waals surface area contributed by atoms with E-state index in [9.17, 15) is 9.90 Å². The maximum absolute atomic E-state index is 11.3. The molecular weight excluding hydrogens is 192 g/mol. The monoisotopic (exact) mass is 214 g/mol. The lowest BCUT2D eigenvalue weighted by Crippen LogP contribution is -2.61. The first kappa shape index (κ1) is 12.5. The van der Waals surface area contributed by atoms with Gasteiger partial charge in [0.15, 0.2) is 0 Å². The molecule has 4 nitrogen and oxygen atoms in total. The van der Waals surface area contributed by atoms with Crippen LogP contribution in [0.15, 0.2) is 0 Å². The highest BCUT2D eigenvalue weighted by Crippen LogP contribution is 2.36. The normalized spacial score (nSPS) is 20.3. The fraction of sp³-hybridized carbons (Fsp3) is 0.909. The van der Waals surface area contributed by atoms with E-state index >= 15 is 0 Å². The highest BCUT2D eigenvalue weighted by atomic mass is 16.4. The van der Waals surface area contributed by atoms with Gasteiger partial charge in [-0.2, -0.15) is 0 Å². The summed E-state index contributed by atoms with van der Waals surface area (Å²) in [5.74, 6) is -0.731. The van der Waals surface area contributed by atoms with Crippen molar-refractivity contribution in [3.8, 4) is 0 Å². The third kappa shape index (κ3) is 2.16. The van der Waals surface area contributed by atoms with Gasteiger partial charge in [-0.05, 0) is 27.7 Å². The number of rotatable bonds is 3. The maximum atomic E-state index is 11.3. The molecule has 0 aromatic heterocycles. The quantitative estimate of drug-likeness (QED) is 0.729. The highest BCUT2D eigenvalue weighted by Gasteiger charge is 2.47. The molecule has 1 aliphatic rings. The molecule has 0 saturated carbocycles. The molecule has 1 rings (SSSR count). The maximum Gasteiger partial charge on any atom is 0.310 e. The second-order valence-corrected chi connectivity index (χ2v) is 5.23. The van der Waals surface area contributed by atoms with Crippen molar-refractivity contribution < 1.29 is 9.90 Å². The minimum Gasteiger partial charge on any atom is -0.481 e. The Morgan fingerprint density at radius 1 is 1.20 bits per heavy atom. The topological polar surface area (TPSA) is 52.6 Å². The second kappa shape index (κ2) is 4.10. The van der Waals surface area contributed by atoms with Gasteiger partial charge in [-0.3, -0.25) is 9.69 Å². The van der Waals surface area contributed by atoms with Crippen LogP contribution in [0.2, 0.25) is 0 Å². The predicted octanol–water partition coefficient (Wildman–Crippen LogP) is 0.781. The van der Waals surface area contributed by atoms with Gasteiger partial charge in [-0.15, -0.1) is 0 Å². The van der Waals surface area contributed by atoms with E-state index in [4.69, 9.17) is 0 Å². The molecule has 0 bridgehead atoms. The van der Waals surface area contributed by atoms with E-state index in [0.717, 1.165) is 26.2 Å². The molecule has 1 heterocycles. The summed E-state index contributed by atoms with van der Waals surface area (Å²) in [4.78, 5) is 13.5. The molecule has 15 heavy (non-hydrogen) atoms. The molecular formula is C11H22N2O2. The third-order valence-electron chi connectivity index (χ3n) is 3.97. The molecule has 1 fully saturated rings. The first-order valence-electron chi connectivity index (χ1n) is 5.49. The Labute approximate surface area is 91.6 Å². The Balaban J connectivity index is 2.84. The van der Waals surface area contributed by atoms with Gasteiger partial charge in [0.2, 0.25) is 0 Å². The zero-order valence-electron chi connectivity index (χ0n) is 10.1. The number of nitrogens with one attached hydrogen (secondary N) is 1. The number of carboxylic acids is 1. The Bertz CT molecular complexity index is 243. The lowest BCUT2D eigenvalue weighted by Gasteiger charge is -2.48. The molecule has 0 aromatic carbocycles. The van der Waals surface area contributed by atoms with Crippen molar-refractivity contribution in [2.24, 2.45) is 5.41 Å². The molecule has 4 heteroatoms. The van der Waals surface area contributed by atoms with Gasteiger partial charge in [0.1, 0.15) is 0 Å². The van der Waals surface area contributed by atoms with Crippen LogP contribution in [0, 0.1) is 5.41 Å². The van der Waals surface area contributed by atoms with Crippen LogP contribution in [0.25, 0.3) is 0 Å². The van der Waals surface area contributed by atoms with Gasteiger partial charge in [0.25, 0.3) is 0 Å². The van der Waals surface area contributed by atoms with E-state index in [1.807, 2.05) is 13.8 Å². The third-order valence-corrected chi connectivity index (χ3v) is 3.97. The van der Waals surface area contributed by atoms with E-state index in [-0.39, 0.29) is 5.54 Å². The van der Waals surface area contributed by atoms with Crippen LogP contribution in [-0.4, -0.2) is 47.7 Å². The summed E-state index contributed by atoms with van der Waals surface area (Å²) in [6.45, 7) is 11.4. The van der Waals surface area contributed by atoms with Crippen molar-refractivity contribution in [3.05, 3.63) is 0 Å². The molecule has 2 N–H and O–H groups in total. The van der Waals surface area contributed by atoms with Crippen molar-refractivity contribution in [3.63, 3.8) is 0 Å². The average molecular weight is 214 g/mol. The van der Waals surface area contributed by atoms with Gasteiger partial charge in [0, 0.05) is 31.7 Å². The zero-order valence-corrected chi connectivity index (χ0v) is 10.1. The first-order valence-corrected chi connectivity index (χ1v) is 5.49. The summed E-state index contributed by atoms with van der Waals surface area (Å²) < 4.78 is 0. The lowest BCUT2D eigenvalue weighted by molar-refractivity contribution is -0.156. The Morgan fingerprint density at radius 3 is 2.07 bits per heavy atom. The van der Waals surface area contributed by atoms with Gasteiger partial charge >= 0.3 is 5.97 Å². The molecule has 0 unspecified atom stereocenters. The molecule has 0 aliphatic carbocycles. The predicted molar refractivity (Wildman–Crippen MR) is 59.9 cm³/mol. The van der Waals surface area contributed by atoms with Crippen LogP contribution in [0.1, 0.15) is 27.7 Å². The number of piperazine rings is 1. The van der Waals surface area contributed by atoms with E-state index in [0.29, 0.717) is 0 Å². The van der Waals surface area contributed by atoms with Crippen LogP contribution in [0.4, 0.5) is 0 Å². The SMILES string of the molecule is CC(C)(C(=O)O)C(C)(C)N1CCNCC1. The van der Waals surface area contributed by atoms with E-state index < -0.39 is 11.4 Å². The summed E-state index contributed by atoms with van der Waals surface area (Å²) in [7, 11) is 0. The second-order valence-electron chi connectivity index (χ2n) is 5.23. The van der Waals surface area contributed by atoms with Crippen LogP contribution in [0.3, 0.4) is 0 Å². The summed E-state index contributed by atoms with van der Waals surface area (Å²) in [6, 6.07) is 0. The van der Waals surface area contributed by atoms with E-state index in [2.05, 4.69) is 10.2 Å². The molecule has 0 aromatic rings. The van der Waals surface area contributed by atoms with Crippen LogP contribution in [0.5, 0.6) is 0 Å². The van der Waals surface area contributed by atoms with Crippen molar-refractivity contribution in [1.29, 1.82) is 0 Å². The molecule has 0 amide bonds. The molecule has 88 valence electrons. The van der Waals surface area contributed by atoms with Gasteiger partial charge in [-0.25, -0.2) is 0 Å². The zero-order chi connectivity index (χ0) is 11.7. The van der Waals surface area contributed by atoms with Crippen molar-refractivity contribution in [1.82, 2.24) is 10.2 Å².